The topological polar surface area (TPSA) is 0 Å². The molecule has 0 rings (SSSR count). The molecular weight excluding hydrogens is 144 g/mol. The molecule has 0 fully saturated rings. The first-order valence-corrected chi connectivity index (χ1v) is 4.89. The first-order chi connectivity index (χ1) is 5.59. The summed E-state index contributed by atoms with van der Waals surface area (Å²) in [6, 6.07) is 0. The van der Waals surface area contributed by atoms with Gasteiger partial charge in [-0.3, -0.25) is 0 Å². The van der Waals surface area contributed by atoms with Gasteiger partial charge in [0.15, 0.2) is 0 Å². The predicted molar refractivity (Wildman–Crippen MR) is 59.4 cm³/mol. The number of hydrogen-bond acceptors (Lipinski definition) is 0. The van der Waals surface area contributed by atoms with Crippen LogP contribution in [0.25, 0.3) is 0 Å². The Hall–Kier alpha value is -0.520. The summed E-state index contributed by atoms with van der Waals surface area (Å²) in [5.74, 6) is 0.660. The van der Waals surface area contributed by atoms with E-state index in [9.17, 15) is 0 Å². The van der Waals surface area contributed by atoms with Gasteiger partial charge in [-0.1, -0.05) is 64.8 Å². The molecule has 0 amide bonds. The Bertz CT molecular complexity index is 116. The second-order valence-electron chi connectivity index (χ2n) is 3.30. The van der Waals surface area contributed by atoms with Crippen LogP contribution in [0.2, 0.25) is 0 Å². The SMILES string of the molecule is C=C/C=C(\C)C(C)C.CCCC. The van der Waals surface area contributed by atoms with Crippen molar-refractivity contribution >= 4 is 0 Å². The van der Waals surface area contributed by atoms with Crippen LogP contribution >= 0.6 is 0 Å². The van der Waals surface area contributed by atoms with Crippen LogP contribution in [0.1, 0.15) is 47.5 Å². The lowest BCUT2D eigenvalue weighted by Gasteiger charge is -2.00. The fourth-order valence-electron chi connectivity index (χ4n) is 0.378. The minimum absolute atomic E-state index is 0.660. The second-order valence-corrected chi connectivity index (χ2v) is 3.30. The molecule has 12 heavy (non-hydrogen) atoms. The lowest BCUT2D eigenvalue weighted by atomic mass is 10.1. The zero-order valence-electron chi connectivity index (χ0n) is 9.35. The summed E-state index contributed by atoms with van der Waals surface area (Å²) in [5.41, 5.74) is 1.39. The van der Waals surface area contributed by atoms with Crippen molar-refractivity contribution in [2.75, 3.05) is 0 Å². The molecule has 0 aromatic heterocycles. The Morgan fingerprint density at radius 3 is 1.75 bits per heavy atom. The largest absolute Gasteiger partial charge is 0.0991 e. The molecule has 0 saturated heterocycles. The number of allylic oxidation sites excluding steroid dienone is 3. The van der Waals surface area contributed by atoms with Crippen molar-refractivity contribution in [1.82, 2.24) is 0 Å². The lowest BCUT2D eigenvalue weighted by Crippen LogP contribution is -1.86. The maximum atomic E-state index is 3.61. The Kier molecular flexibility index (Phi) is 12.3. The first-order valence-electron chi connectivity index (χ1n) is 4.89. The van der Waals surface area contributed by atoms with E-state index in [1.807, 2.05) is 12.2 Å². The highest BCUT2D eigenvalue weighted by Gasteiger charge is 1.91. The number of hydrogen-bond donors (Lipinski definition) is 0. The van der Waals surface area contributed by atoms with Gasteiger partial charge in [-0.2, -0.15) is 0 Å². The van der Waals surface area contributed by atoms with Gasteiger partial charge in [0.2, 0.25) is 0 Å². The molecule has 0 saturated carbocycles. The monoisotopic (exact) mass is 168 g/mol. The molecule has 0 aromatic carbocycles. The van der Waals surface area contributed by atoms with Gasteiger partial charge in [0.25, 0.3) is 0 Å². The van der Waals surface area contributed by atoms with E-state index in [1.54, 1.807) is 0 Å². The molecule has 0 bridgehead atoms. The van der Waals surface area contributed by atoms with Gasteiger partial charge in [0.05, 0.1) is 0 Å². The van der Waals surface area contributed by atoms with Gasteiger partial charge in [0.1, 0.15) is 0 Å². The van der Waals surface area contributed by atoms with Crippen LogP contribution in [-0.2, 0) is 0 Å². The van der Waals surface area contributed by atoms with Crippen LogP contribution in [0.4, 0.5) is 0 Å². The molecule has 0 aliphatic rings. The van der Waals surface area contributed by atoms with E-state index in [1.165, 1.54) is 18.4 Å². The highest BCUT2D eigenvalue weighted by Crippen LogP contribution is 2.06. The molecule has 0 unspecified atom stereocenters. The number of rotatable bonds is 3. The van der Waals surface area contributed by atoms with Gasteiger partial charge < -0.3 is 0 Å². The van der Waals surface area contributed by atoms with E-state index in [2.05, 4.69) is 41.2 Å². The van der Waals surface area contributed by atoms with Crippen molar-refractivity contribution in [3.05, 3.63) is 24.3 Å². The van der Waals surface area contributed by atoms with Crippen LogP contribution < -0.4 is 0 Å². The van der Waals surface area contributed by atoms with E-state index in [0.717, 1.165) is 0 Å². The Labute approximate surface area is 78.4 Å². The molecule has 0 aromatic rings. The quantitative estimate of drug-likeness (QED) is 0.541. The van der Waals surface area contributed by atoms with E-state index < -0.39 is 0 Å². The summed E-state index contributed by atoms with van der Waals surface area (Å²) in [7, 11) is 0. The molecule has 0 heterocycles. The third-order valence-corrected chi connectivity index (χ3v) is 1.79. The molecule has 0 heteroatoms. The minimum Gasteiger partial charge on any atom is -0.0991 e. The van der Waals surface area contributed by atoms with Crippen molar-refractivity contribution in [1.29, 1.82) is 0 Å². The normalized spacial score (nSPS) is 10.7. The fraction of sp³-hybridized carbons (Fsp3) is 0.667. The standard InChI is InChI=1S/C8H14.C4H10/c1-5-6-8(4)7(2)3;1-3-4-2/h5-7H,1H2,2-4H3;3-4H2,1-2H3/b8-6+;. The fourth-order valence-corrected chi connectivity index (χ4v) is 0.378. The molecule has 0 nitrogen and oxygen atoms in total. The molecule has 0 aliphatic carbocycles. The second kappa shape index (κ2) is 10.5. The Morgan fingerprint density at radius 1 is 1.25 bits per heavy atom. The van der Waals surface area contributed by atoms with Crippen LogP contribution in [0.5, 0.6) is 0 Å². The van der Waals surface area contributed by atoms with Crippen LogP contribution in [0.3, 0.4) is 0 Å². The van der Waals surface area contributed by atoms with E-state index >= 15 is 0 Å². The zero-order valence-corrected chi connectivity index (χ0v) is 9.35. The molecular formula is C12H24. The van der Waals surface area contributed by atoms with Crippen LogP contribution in [0, 0.1) is 5.92 Å². The van der Waals surface area contributed by atoms with E-state index in [4.69, 9.17) is 0 Å². The molecule has 0 atom stereocenters. The van der Waals surface area contributed by atoms with Gasteiger partial charge >= 0.3 is 0 Å². The highest BCUT2D eigenvalue weighted by atomic mass is 14.0. The summed E-state index contributed by atoms with van der Waals surface area (Å²) < 4.78 is 0. The van der Waals surface area contributed by atoms with Crippen molar-refractivity contribution in [2.24, 2.45) is 5.92 Å². The molecule has 0 aliphatic heterocycles. The maximum absolute atomic E-state index is 3.61. The summed E-state index contributed by atoms with van der Waals surface area (Å²) in [5, 5.41) is 0. The van der Waals surface area contributed by atoms with Gasteiger partial charge in [0, 0.05) is 0 Å². The third kappa shape index (κ3) is 12.2. The number of unbranched alkanes of at least 4 members (excludes halogenated alkanes) is 1. The van der Waals surface area contributed by atoms with Crippen LogP contribution in [-0.4, -0.2) is 0 Å². The lowest BCUT2D eigenvalue weighted by molar-refractivity contribution is 0.769. The molecule has 72 valence electrons. The first kappa shape index (κ1) is 14.0. The van der Waals surface area contributed by atoms with Crippen molar-refractivity contribution in [3.63, 3.8) is 0 Å². The van der Waals surface area contributed by atoms with Crippen LogP contribution in [0.15, 0.2) is 24.3 Å². The average Bonchev–Trinajstić information content (AvgIpc) is 2.05. The summed E-state index contributed by atoms with van der Waals surface area (Å²) in [6.45, 7) is 14.4. The van der Waals surface area contributed by atoms with Gasteiger partial charge in [-0.15, -0.1) is 0 Å². The maximum Gasteiger partial charge on any atom is -0.0260 e. The molecule has 0 spiro atoms. The minimum atomic E-state index is 0.660. The van der Waals surface area contributed by atoms with Crippen molar-refractivity contribution < 1.29 is 0 Å². The summed E-state index contributed by atoms with van der Waals surface area (Å²) >= 11 is 0. The van der Waals surface area contributed by atoms with E-state index in [-0.39, 0.29) is 0 Å². The van der Waals surface area contributed by atoms with Crippen molar-refractivity contribution in [2.45, 2.75) is 47.5 Å². The summed E-state index contributed by atoms with van der Waals surface area (Å²) in [4.78, 5) is 0. The van der Waals surface area contributed by atoms with Crippen molar-refractivity contribution in [3.8, 4) is 0 Å². The Balaban J connectivity index is 0. The zero-order chi connectivity index (χ0) is 9.98. The van der Waals surface area contributed by atoms with E-state index in [0.29, 0.717) is 5.92 Å². The van der Waals surface area contributed by atoms with Gasteiger partial charge in [-0.05, 0) is 12.8 Å². The third-order valence-electron chi connectivity index (χ3n) is 1.79. The Morgan fingerprint density at radius 2 is 1.67 bits per heavy atom. The molecule has 0 N–H and O–H groups in total. The smallest absolute Gasteiger partial charge is 0.0260 e. The molecule has 0 radical (unpaired) electrons. The summed E-state index contributed by atoms with van der Waals surface area (Å²) in [6.07, 6.45) is 6.51. The predicted octanol–water partition coefficient (Wildman–Crippen LogP) is 4.58. The van der Waals surface area contributed by atoms with Gasteiger partial charge in [-0.25, -0.2) is 0 Å². The average molecular weight is 168 g/mol. The highest BCUT2D eigenvalue weighted by molar-refractivity contribution is 5.09.